The average Bonchev–Trinajstić information content (AvgIpc) is 3.07. The van der Waals surface area contributed by atoms with Crippen LogP contribution in [0.1, 0.15) is 5.69 Å². The van der Waals surface area contributed by atoms with E-state index in [2.05, 4.69) is 21.0 Å². The number of nitrogens with zero attached hydrogens (tertiary/aromatic N) is 2. The molecule has 2 aromatic carbocycles. The summed E-state index contributed by atoms with van der Waals surface area (Å²) >= 11 is 3.22. The molecule has 0 atom stereocenters. The Hall–Kier alpha value is -2.27. The third-order valence-corrected chi connectivity index (χ3v) is 5.69. The molecule has 0 bridgehead atoms. The number of alkyl halides is 5. The molecule has 3 rings (SSSR count). The molecule has 0 spiro atoms. The van der Waals surface area contributed by atoms with E-state index >= 15 is 0 Å². The number of hydrogen-bond acceptors (Lipinski definition) is 3. The first-order chi connectivity index (χ1) is 13.3. The highest BCUT2D eigenvalue weighted by Crippen LogP contribution is 2.44. The van der Waals surface area contributed by atoms with Crippen molar-refractivity contribution in [1.82, 2.24) is 9.78 Å². The summed E-state index contributed by atoms with van der Waals surface area (Å²) in [7, 11) is -3.51. The Labute approximate surface area is 171 Å². The van der Waals surface area contributed by atoms with Crippen molar-refractivity contribution < 1.29 is 30.4 Å². The van der Waals surface area contributed by atoms with Crippen LogP contribution in [0.5, 0.6) is 0 Å². The summed E-state index contributed by atoms with van der Waals surface area (Å²) in [5.41, 5.74) is -1.00. The summed E-state index contributed by atoms with van der Waals surface area (Å²) < 4.78 is 91.1. The van der Waals surface area contributed by atoms with Gasteiger partial charge in [-0.25, -0.2) is 13.1 Å². The van der Waals surface area contributed by atoms with Gasteiger partial charge in [-0.2, -0.15) is 27.1 Å². The Bertz CT molecular complexity index is 1140. The predicted octanol–water partition coefficient (Wildman–Crippen LogP) is 5.36. The maximum Gasteiger partial charge on any atom is 0.459 e. The molecule has 0 aliphatic rings. The molecule has 4 nitrogen and oxygen atoms in total. The second-order valence-corrected chi connectivity index (χ2v) is 9.10. The highest BCUT2D eigenvalue weighted by Gasteiger charge is 2.60. The van der Waals surface area contributed by atoms with Crippen LogP contribution in [0.25, 0.3) is 16.9 Å². The molecule has 0 aliphatic heterocycles. The molecule has 0 N–H and O–H groups in total. The number of rotatable bonds is 4. The summed E-state index contributed by atoms with van der Waals surface area (Å²) in [5.74, 6) is -5.16. The highest BCUT2D eigenvalue weighted by atomic mass is 79.9. The van der Waals surface area contributed by atoms with Crippen LogP contribution in [0.3, 0.4) is 0 Å². The van der Waals surface area contributed by atoms with E-state index in [1.54, 1.807) is 12.1 Å². The fourth-order valence-corrected chi connectivity index (χ4v) is 3.43. The molecular weight excluding hydrogens is 483 g/mol. The maximum atomic E-state index is 13.9. The molecule has 0 saturated heterocycles. The SMILES string of the molecule is CS(=O)(=O)c1ccc(-n2nc(C(F)(F)C(F)(F)F)cc2-c2ccc(Br)cc2)cc1. The number of sulfone groups is 1. The number of benzene rings is 2. The Morgan fingerprint density at radius 2 is 1.48 bits per heavy atom. The lowest BCUT2D eigenvalue weighted by Crippen LogP contribution is -2.34. The molecule has 29 heavy (non-hydrogen) atoms. The summed E-state index contributed by atoms with van der Waals surface area (Å²) in [5, 5.41) is 3.49. The third-order valence-electron chi connectivity index (χ3n) is 4.04. The van der Waals surface area contributed by atoms with Gasteiger partial charge in [-0.05, 0) is 42.5 Å². The Balaban J connectivity index is 2.20. The number of halogens is 6. The maximum absolute atomic E-state index is 13.9. The van der Waals surface area contributed by atoms with Gasteiger partial charge < -0.3 is 0 Å². The van der Waals surface area contributed by atoms with E-state index in [4.69, 9.17) is 0 Å². The highest BCUT2D eigenvalue weighted by molar-refractivity contribution is 9.10. The second kappa shape index (κ2) is 7.21. The van der Waals surface area contributed by atoms with Gasteiger partial charge in [-0.15, -0.1) is 0 Å². The van der Waals surface area contributed by atoms with Crippen LogP contribution in [0, 0.1) is 0 Å². The molecule has 0 aliphatic carbocycles. The summed E-state index contributed by atoms with van der Waals surface area (Å²) in [4.78, 5) is -0.0283. The van der Waals surface area contributed by atoms with Crippen LogP contribution in [0.15, 0.2) is 64.0 Å². The lowest BCUT2D eigenvalue weighted by molar-refractivity contribution is -0.291. The quantitative estimate of drug-likeness (QED) is 0.458. The number of aromatic nitrogens is 2. The smallest absolute Gasteiger partial charge is 0.233 e. The van der Waals surface area contributed by atoms with E-state index in [9.17, 15) is 30.4 Å². The van der Waals surface area contributed by atoms with Crippen molar-refractivity contribution in [1.29, 1.82) is 0 Å². The molecule has 1 heterocycles. The third kappa shape index (κ3) is 4.20. The normalized spacial score (nSPS) is 12.9. The van der Waals surface area contributed by atoms with Crippen molar-refractivity contribution in [2.75, 3.05) is 6.26 Å². The van der Waals surface area contributed by atoms with E-state index in [0.29, 0.717) is 16.1 Å². The minimum Gasteiger partial charge on any atom is -0.233 e. The van der Waals surface area contributed by atoms with E-state index in [1.807, 2.05) is 0 Å². The number of hydrogen-bond donors (Lipinski definition) is 0. The van der Waals surface area contributed by atoms with Gasteiger partial charge in [0, 0.05) is 16.3 Å². The van der Waals surface area contributed by atoms with Gasteiger partial charge in [-0.3, -0.25) is 0 Å². The van der Waals surface area contributed by atoms with Gasteiger partial charge in [-0.1, -0.05) is 28.1 Å². The average molecular weight is 495 g/mol. The van der Waals surface area contributed by atoms with E-state index in [0.717, 1.165) is 10.9 Å². The largest absolute Gasteiger partial charge is 0.459 e. The molecule has 3 aromatic rings. The van der Waals surface area contributed by atoms with Crippen LogP contribution >= 0.6 is 15.9 Å². The fraction of sp³-hybridized carbons (Fsp3) is 0.167. The topological polar surface area (TPSA) is 52.0 Å². The van der Waals surface area contributed by atoms with Crippen LogP contribution in [-0.2, 0) is 15.8 Å². The molecule has 0 radical (unpaired) electrons. The second-order valence-electron chi connectivity index (χ2n) is 6.17. The summed E-state index contributed by atoms with van der Waals surface area (Å²) in [6.45, 7) is 0. The Kier molecular flexibility index (Phi) is 5.33. The zero-order valence-corrected chi connectivity index (χ0v) is 17.0. The first kappa shape index (κ1) is 21.4. The van der Waals surface area contributed by atoms with Crippen molar-refractivity contribution in [3.8, 4) is 16.9 Å². The minimum absolute atomic E-state index is 0.0106. The minimum atomic E-state index is -5.82. The zero-order valence-electron chi connectivity index (χ0n) is 14.6. The molecule has 0 saturated carbocycles. The lowest BCUT2D eigenvalue weighted by Gasteiger charge is -2.16. The van der Waals surface area contributed by atoms with Crippen LogP contribution in [0.4, 0.5) is 22.0 Å². The van der Waals surface area contributed by atoms with E-state index < -0.39 is 27.6 Å². The van der Waals surface area contributed by atoms with Gasteiger partial charge in [0.1, 0.15) is 5.69 Å². The van der Waals surface area contributed by atoms with Crippen molar-refractivity contribution in [2.45, 2.75) is 17.0 Å². The predicted molar refractivity (Wildman–Crippen MR) is 99.8 cm³/mol. The van der Waals surface area contributed by atoms with Gasteiger partial charge in [0.05, 0.1) is 16.3 Å². The van der Waals surface area contributed by atoms with Gasteiger partial charge >= 0.3 is 12.1 Å². The van der Waals surface area contributed by atoms with E-state index in [1.165, 1.54) is 36.4 Å². The first-order valence-electron chi connectivity index (χ1n) is 7.92. The molecule has 0 fully saturated rings. The summed E-state index contributed by atoms with van der Waals surface area (Å²) in [6.07, 6.45) is -4.82. The van der Waals surface area contributed by atoms with Crippen molar-refractivity contribution in [3.05, 3.63) is 64.8 Å². The molecule has 0 unspecified atom stereocenters. The van der Waals surface area contributed by atoms with Crippen molar-refractivity contribution >= 4 is 25.8 Å². The van der Waals surface area contributed by atoms with Gasteiger partial charge in [0.2, 0.25) is 0 Å². The van der Waals surface area contributed by atoms with Gasteiger partial charge in [0.25, 0.3) is 0 Å². The Morgan fingerprint density at radius 3 is 1.97 bits per heavy atom. The molecule has 154 valence electrons. The van der Waals surface area contributed by atoms with Gasteiger partial charge in [0.15, 0.2) is 9.84 Å². The van der Waals surface area contributed by atoms with Crippen LogP contribution < -0.4 is 0 Å². The first-order valence-corrected chi connectivity index (χ1v) is 10.6. The molecule has 11 heteroatoms. The molecule has 0 amide bonds. The summed E-state index contributed by atoms with van der Waals surface area (Å²) in [6, 6.07) is 11.9. The van der Waals surface area contributed by atoms with Crippen molar-refractivity contribution in [3.63, 3.8) is 0 Å². The van der Waals surface area contributed by atoms with Crippen molar-refractivity contribution in [2.24, 2.45) is 0 Å². The fourth-order valence-electron chi connectivity index (χ4n) is 2.54. The van der Waals surface area contributed by atoms with Crippen LogP contribution in [-0.4, -0.2) is 30.6 Å². The zero-order chi connectivity index (χ0) is 21.6. The standard InChI is InChI=1S/C18H12BrF5N2O2S/c1-29(27,28)14-8-6-13(7-9-14)26-15(11-2-4-12(19)5-3-11)10-16(25-26)17(20,21)18(22,23)24/h2-10H,1H3. The monoisotopic (exact) mass is 494 g/mol. The molecule has 1 aromatic heterocycles. The molecular formula is C18H12BrF5N2O2S. The lowest BCUT2D eigenvalue weighted by atomic mass is 10.1. The van der Waals surface area contributed by atoms with Crippen LogP contribution in [0.2, 0.25) is 0 Å². The van der Waals surface area contributed by atoms with E-state index in [-0.39, 0.29) is 16.3 Å². The Morgan fingerprint density at radius 1 is 0.931 bits per heavy atom.